The van der Waals surface area contributed by atoms with Gasteiger partial charge >= 0.3 is 0 Å². The Bertz CT molecular complexity index is 719. The van der Waals surface area contributed by atoms with Gasteiger partial charge in [0.1, 0.15) is 5.69 Å². The van der Waals surface area contributed by atoms with Gasteiger partial charge in [0, 0.05) is 18.9 Å². The van der Waals surface area contributed by atoms with Crippen molar-refractivity contribution in [3.05, 3.63) is 58.5 Å². The molecule has 0 aliphatic carbocycles. The third kappa shape index (κ3) is 4.41. The summed E-state index contributed by atoms with van der Waals surface area (Å²) in [5, 5.41) is 0. The van der Waals surface area contributed by atoms with Crippen molar-refractivity contribution in [2.24, 2.45) is 5.92 Å². The summed E-state index contributed by atoms with van der Waals surface area (Å²) in [6.45, 7) is 2.92. The molecule has 1 saturated heterocycles. The van der Waals surface area contributed by atoms with Crippen molar-refractivity contribution in [2.45, 2.75) is 25.8 Å². The Morgan fingerprint density at radius 1 is 1.29 bits per heavy atom. The van der Waals surface area contributed by atoms with E-state index in [1.807, 2.05) is 0 Å². The molecule has 2 aromatic rings. The molecule has 1 atom stereocenters. The summed E-state index contributed by atoms with van der Waals surface area (Å²) in [7, 11) is 0. The molecule has 0 amide bonds. The van der Waals surface area contributed by atoms with Crippen LogP contribution in [0.1, 0.15) is 25.0 Å². The summed E-state index contributed by atoms with van der Waals surface area (Å²) in [5.74, 6) is 0.400. The van der Waals surface area contributed by atoms with Crippen LogP contribution in [0.15, 0.2) is 41.5 Å². The van der Waals surface area contributed by atoms with E-state index in [2.05, 4.69) is 14.9 Å². The molecule has 2 heterocycles. The van der Waals surface area contributed by atoms with Crippen molar-refractivity contribution >= 4 is 0 Å². The fourth-order valence-corrected chi connectivity index (χ4v) is 3.03. The molecular formula is C18H22FN3O2. The molecule has 1 N–H and O–H groups in total. The van der Waals surface area contributed by atoms with Crippen LogP contribution in [0.2, 0.25) is 0 Å². The fraction of sp³-hybridized carbons (Fsp3) is 0.444. The Morgan fingerprint density at radius 2 is 2.17 bits per heavy atom. The molecule has 0 spiro atoms. The lowest BCUT2D eigenvalue weighted by atomic mass is 10.0. The largest absolute Gasteiger partial charge is 0.490 e. The van der Waals surface area contributed by atoms with E-state index in [1.165, 1.54) is 6.07 Å². The van der Waals surface area contributed by atoms with Gasteiger partial charge in [-0.1, -0.05) is 12.1 Å². The van der Waals surface area contributed by atoms with Crippen molar-refractivity contribution in [3.8, 4) is 5.75 Å². The third-order valence-electron chi connectivity index (χ3n) is 4.41. The maximum Gasteiger partial charge on any atom is 0.270 e. The lowest BCUT2D eigenvalue weighted by molar-refractivity contribution is 0.218. The number of ether oxygens (including phenoxy) is 1. The number of hydrogen-bond donors (Lipinski definition) is 1. The van der Waals surface area contributed by atoms with E-state index in [-0.39, 0.29) is 11.4 Å². The number of nitrogens with zero attached hydrogens (tertiary/aromatic N) is 2. The molecule has 3 rings (SSSR count). The number of nitrogens with one attached hydrogen (secondary N) is 1. The van der Waals surface area contributed by atoms with Gasteiger partial charge in [0.15, 0.2) is 11.6 Å². The highest BCUT2D eigenvalue weighted by molar-refractivity contribution is 5.23. The van der Waals surface area contributed by atoms with Gasteiger partial charge in [-0.05, 0) is 50.4 Å². The summed E-state index contributed by atoms with van der Waals surface area (Å²) in [4.78, 5) is 20.8. The smallest absolute Gasteiger partial charge is 0.270 e. The minimum absolute atomic E-state index is 0.124. The minimum Gasteiger partial charge on any atom is -0.490 e. The SMILES string of the molecule is O=c1[nH]ccnc1CN1CCCC(COc2ccccc2F)CC1. The summed E-state index contributed by atoms with van der Waals surface area (Å²) in [6, 6.07) is 6.50. The van der Waals surface area contributed by atoms with Crippen LogP contribution in [0.3, 0.4) is 0 Å². The van der Waals surface area contributed by atoms with Crippen LogP contribution in [-0.2, 0) is 6.54 Å². The van der Waals surface area contributed by atoms with Crippen molar-refractivity contribution in [1.29, 1.82) is 0 Å². The first-order chi connectivity index (χ1) is 11.7. The highest BCUT2D eigenvalue weighted by Gasteiger charge is 2.19. The number of hydrogen-bond acceptors (Lipinski definition) is 4. The first kappa shape index (κ1) is 16.6. The first-order valence-corrected chi connectivity index (χ1v) is 8.34. The average Bonchev–Trinajstić information content (AvgIpc) is 2.82. The van der Waals surface area contributed by atoms with Gasteiger partial charge < -0.3 is 9.72 Å². The van der Waals surface area contributed by atoms with Crippen molar-refractivity contribution in [2.75, 3.05) is 19.7 Å². The standard InChI is InChI=1S/C18H22FN3O2/c19-15-5-1-2-6-17(15)24-13-14-4-3-10-22(11-7-14)12-16-18(23)21-9-8-20-16/h1-2,5-6,8-9,14H,3-4,7,10-13H2,(H,21,23). The Hall–Kier alpha value is -2.21. The third-order valence-corrected chi connectivity index (χ3v) is 4.41. The number of H-pyrrole nitrogens is 1. The number of para-hydroxylation sites is 1. The van der Waals surface area contributed by atoms with Crippen LogP contribution >= 0.6 is 0 Å². The molecule has 0 radical (unpaired) electrons. The molecule has 1 fully saturated rings. The van der Waals surface area contributed by atoms with Gasteiger partial charge in [-0.15, -0.1) is 0 Å². The summed E-state index contributed by atoms with van der Waals surface area (Å²) < 4.78 is 19.2. The van der Waals surface area contributed by atoms with Gasteiger partial charge in [0.25, 0.3) is 5.56 Å². The summed E-state index contributed by atoms with van der Waals surface area (Å²) in [6.07, 6.45) is 6.21. The molecule has 0 saturated carbocycles. The van der Waals surface area contributed by atoms with E-state index >= 15 is 0 Å². The normalized spacial score (nSPS) is 19.0. The van der Waals surface area contributed by atoms with Crippen LogP contribution in [-0.4, -0.2) is 34.6 Å². The van der Waals surface area contributed by atoms with E-state index in [4.69, 9.17) is 4.74 Å². The van der Waals surface area contributed by atoms with Crippen molar-refractivity contribution < 1.29 is 9.13 Å². The molecule has 1 aliphatic rings. The monoisotopic (exact) mass is 331 g/mol. The number of halogens is 1. The fourth-order valence-electron chi connectivity index (χ4n) is 3.03. The van der Waals surface area contributed by atoms with Crippen molar-refractivity contribution in [3.63, 3.8) is 0 Å². The highest BCUT2D eigenvalue weighted by Crippen LogP contribution is 2.21. The predicted octanol–water partition coefficient (Wildman–Crippen LogP) is 2.59. The van der Waals surface area contributed by atoms with E-state index < -0.39 is 0 Å². The topological polar surface area (TPSA) is 58.2 Å². The lowest BCUT2D eigenvalue weighted by Crippen LogP contribution is -2.29. The van der Waals surface area contributed by atoms with E-state index in [9.17, 15) is 9.18 Å². The van der Waals surface area contributed by atoms with Gasteiger partial charge in [-0.2, -0.15) is 0 Å². The number of rotatable bonds is 5. The van der Waals surface area contributed by atoms with E-state index in [0.29, 0.717) is 30.5 Å². The molecule has 1 unspecified atom stereocenters. The second-order valence-electron chi connectivity index (χ2n) is 6.18. The van der Waals surface area contributed by atoms with Crippen LogP contribution in [0, 0.1) is 11.7 Å². The second kappa shape index (κ2) is 8.06. The number of aromatic amines is 1. The maximum absolute atomic E-state index is 13.6. The lowest BCUT2D eigenvalue weighted by Gasteiger charge is -2.19. The summed E-state index contributed by atoms with van der Waals surface area (Å²) >= 11 is 0. The molecular weight excluding hydrogens is 309 g/mol. The van der Waals surface area contributed by atoms with E-state index in [0.717, 1.165) is 32.4 Å². The molecule has 1 aromatic carbocycles. The average molecular weight is 331 g/mol. The van der Waals surface area contributed by atoms with Crippen LogP contribution < -0.4 is 10.3 Å². The zero-order valence-corrected chi connectivity index (χ0v) is 13.6. The van der Waals surface area contributed by atoms with Gasteiger partial charge in [0.2, 0.25) is 0 Å². The van der Waals surface area contributed by atoms with Crippen LogP contribution in [0.4, 0.5) is 4.39 Å². The van der Waals surface area contributed by atoms with Gasteiger partial charge in [-0.25, -0.2) is 4.39 Å². The van der Waals surface area contributed by atoms with E-state index in [1.54, 1.807) is 30.6 Å². The maximum atomic E-state index is 13.6. The van der Waals surface area contributed by atoms with Crippen molar-refractivity contribution in [1.82, 2.24) is 14.9 Å². The first-order valence-electron chi connectivity index (χ1n) is 8.34. The summed E-state index contributed by atoms with van der Waals surface area (Å²) in [5.41, 5.74) is 0.430. The molecule has 24 heavy (non-hydrogen) atoms. The molecule has 6 heteroatoms. The zero-order valence-electron chi connectivity index (χ0n) is 13.6. The molecule has 0 bridgehead atoms. The Kier molecular flexibility index (Phi) is 5.59. The zero-order chi connectivity index (χ0) is 16.8. The number of aromatic nitrogens is 2. The Morgan fingerprint density at radius 3 is 3.00 bits per heavy atom. The molecule has 5 nitrogen and oxygen atoms in total. The molecule has 128 valence electrons. The quantitative estimate of drug-likeness (QED) is 0.915. The number of likely N-dealkylation sites (tertiary alicyclic amines) is 1. The van der Waals surface area contributed by atoms with Crippen LogP contribution in [0.25, 0.3) is 0 Å². The van der Waals surface area contributed by atoms with Crippen LogP contribution in [0.5, 0.6) is 5.75 Å². The van der Waals surface area contributed by atoms with Gasteiger partial charge in [0.05, 0.1) is 6.61 Å². The van der Waals surface area contributed by atoms with Gasteiger partial charge in [-0.3, -0.25) is 14.7 Å². The Labute approximate surface area is 140 Å². The highest BCUT2D eigenvalue weighted by atomic mass is 19.1. The molecule has 1 aliphatic heterocycles. The minimum atomic E-state index is -0.317. The predicted molar refractivity (Wildman–Crippen MR) is 89.4 cm³/mol. The molecule has 1 aromatic heterocycles. The second-order valence-corrected chi connectivity index (χ2v) is 6.18. The Balaban J connectivity index is 1.51. The number of benzene rings is 1.